The number of nitrogens with zero attached hydrogens (tertiary/aromatic N) is 6. The van der Waals surface area contributed by atoms with Crippen LogP contribution in [-0.2, 0) is 5.54 Å². The van der Waals surface area contributed by atoms with Gasteiger partial charge in [-0.2, -0.15) is 0 Å². The zero-order valence-electron chi connectivity index (χ0n) is 21.9. The highest BCUT2D eigenvalue weighted by molar-refractivity contribution is 5.80. The number of nitrogens with one attached hydrogen (secondary N) is 1. The van der Waals surface area contributed by atoms with Crippen molar-refractivity contribution < 1.29 is 9.47 Å². The molecule has 3 heterocycles. The van der Waals surface area contributed by atoms with Crippen molar-refractivity contribution in [3.05, 3.63) is 70.3 Å². The Morgan fingerprint density at radius 2 is 1.59 bits per heavy atom. The van der Waals surface area contributed by atoms with Gasteiger partial charge in [0.05, 0.1) is 25.3 Å². The van der Waals surface area contributed by atoms with Gasteiger partial charge in [-0.15, -0.1) is 5.10 Å². The molecular weight excluding hydrogens is 470 g/mol. The van der Waals surface area contributed by atoms with Crippen LogP contribution >= 0.6 is 0 Å². The molecule has 5 rings (SSSR count). The monoisotopic (exact) mass is 503 g/mol. The summed E-state index contributed by atoms with van der Waals surface area (Å²) in [7, 11) is 3.28. The van der Waals surface area contributed by atoms with Crippen molar-refractivity contribution in [2.45, 2.75) is 32.4 Å². The van der Waals surface area contributed by atoms with Crippen molar-refractivity contribution in [3.63, 3.8) is 0 Å². The lowest BCUT2D eigenvalue weighted by molar-refractivity contribution is 0.190. The van der Waals surface area contributed by atoms with Gasteiger partial charge in [0.2, 0.25) is 0 Å². The SMILES string of the molecule is COc1ccc(N2CCN([C@@H](c3cc4ccc(OC)cc4[nH]c3=O)c3nnnn3C(C)(C)C)CC2)cc1. The van der Waals surface area contributed by atoms with E-state index in [0.717, 1.165) is 48.5 Å². The molecule has 0 radical (unpaired) electrons. The quantitative estimate of drug-likeness (QED) is 0.428. The number of hydrogen-bond donors (Lipinski definition) is 1. The smallest absolute Gasteiger partial charge is 0.253 e. The number of hydrogen-bond acceptors (Lipinski definition) is 8. The molecule has 194 valence electrons. The molecule has 1 N–H and O–H groups in total. The van der Waals surface area contributed by atoms with E-state index in [1.165, 1.54) is 0 Å². The second-order valence-corrected chi connectivity index (χ2v) is 10.3. The Morgan fingerprint density at radius 3 is 2.24 bits per heavy atom. The van der Waals surface area contributed by atoms with E-state index in [1.807, 2.05) is 41.1 Å². The summed E-state index contributed by atoms with van der Waals surface area (Å²) in [6.45, 7) is 9.28. The molecule has 1 fully saturated rings. The van der Waals surface area contributed by atoms with E-state index >= 15 is 0 Å². The summed E-state index contributed by atoms with van der Waals surface area (Å²) in [4.78, 5) is 21.2. The van der Waals surface area contributed by atoms with Crippen molar-refractivity contribution in [2.24, 2.45) is 0 Å². The number of piperazine rings is 1. The van der Waals surface area contributed by atoms with Crippen LogP contribution in [0, 0.1) is 0 Å². The fourth-order valence-corrected chi connectivity index (χ4v) is 4.90. The number of anilines is 1. The van der Waals surface area contributed by atoms with Crippen molar-refractivity contribution in [1.29, 1.82) is 0 Å². The van der Waals surface area contributed by atoms with Crippen molar-refractivity contribution in [3.8, 4) is 11.5 Å². The molecule has 0 unspecified atom stereocenters. The van der Waals surface area contributed by atoms with E-state index in [1.54, 1.807) is 14.2 Å². The first-order chi connectivity index (χ1) is 17.8. The van der Waals surface area contributed by atoms with E-state index in [4.69, 9.17) is 9.47 Å². The molecular formula is C27H33N7O3. The first-order valence-electron chi connectivity index (χ1n) is 12.4. The predicted molar refractivity (Wildman–Crippen MR) is 143 cm³/mol. The molecule has 0 saturated carbocycles. The number of pyridine rings is 1. The summed E-state index contributed by atoms with van der Waals surface area (Å²) in [6, 6.07) is 15.4. The Hall–Kier alpha value is -3.92. The minimum absolute atomic E-state index is 0.160. The first kappa shape index (κ1) is 24.8. The van der Waals surface area contributed by atoms with E-state index in [0.29, 0.717) is 17.1 Å². The zero-order valence-corrected chi connectivity index (χ0v) is 21.9. The molecule has 10 nitrogen and oxygen atoms in total. The number of benzene rings is 2. The summed E-state index contributed by atoms with van der Waals surface area (Å²) in [5.74, 6) is 2.19. The maximum absolute atomic E-state index is 13.5. The third kappa shape index (κ3) is 4.89. The van der Waals surface area contributed by atoms with Crippen LogP contribution in [0.2, 0.25) is 0 Å². The molecule has 10 heteroatoms. The predicted octanol–water partition coefficient (Wildman–Crippen LogP) is 3.20. The number of ether oxygens (including phenoxy) is 2. The lowest BCUT2D eigenvalue weighted by atomic mass is 10.0. The van der Waals surface area contributed by atoms with Crippen LogP contribution in [0.15, 0.2) is 53.3 Å². The van der Waals surface area contributed by atoms with E-state index in [-0.39, 0.29) is 11.1 Å². The third-order valence-electron chi connectivity index (χ3n) is 6.87. The molecule has 37 heavy (non-hydrogen) atoms. The number of rotatable bonds is 6. The first-order valence-corrected chi connectivity index (χ1v) is 12.4. The third-order valence-corrected chi connectivity index (χ3v) is 6.87. The standard InChI is InChI=1S/C27H33N7O3/c1-27(2,3)34-25(29-30-31-34)24(22-16-18-6-9-21(37-5)17-23(18)28-26(22)35)33-14-12-32(13-15-33)19-7-10-20(36-4)11-8-19/h6-11,16-17,24H,12-15H2,1-5H3,(H,28,35)/t24-/m0/s1. The molecule has 2 aromatic carbocycles. The topological polar surface area (TPSA) is 101 Å². The van der Waals surface area contributed by atoms with E-state index < -0.39 is 6.04 Å². The number of aromatic amines is 1. The van der Waals surface area contributed by atoms with Crippen molar-refractivity contribution >= 4 is 16.6 Å². The van der Waals surface area contributed by atoms with Gasteiger partial charge in [0, 0.05) is 43.5 Å². The van der Waals surface area contributed by atoms with Crippen LogP contribution in [0.1, 0.15) is 38.2 Å². The van der Waals surface area contributed by atoms with Crippen molar-refractivity contribution in [2.75, 3.05) is 45.3 Å². The summed E-state index contributed by atoms with van der Waals surface area (Å²) in [5, 5.41) is 13.7. The highest BCUT2D eigenvalue weighted by atomic mass is 16.5. The second kappa shape index (κ2) is 9.85. The average molecular weight is 504 g/mol. The summed E-state index contributed by atoms with van der Waals surface area (Å²) < 4.78 is 12.5. The molecule has 0 amide bonds. The molecule has 1 aliphatic heterocycles. The highest BCUT2D eigenvalue weighted by Crippen LogP contribution is 2.31. The van der Waals surface area contributed by atoms with Crippen LogP contribution in [0.5, 0.6) is 11.5 Å². The number of methoxy groups -OCH3 is 2. The summed E-state index contributed by atoms with van der Waals surface area (Å²) >= 11 is 0. The minimum atomic E-state index is -0.400. The van der Waals surface area contributed by atoms with Crippen LogP contribution in [0.25, 0.3) is 10.9 Å². The number of fused-ring (bicyclic) bond motifs is 1. The maximum atomic E-state index is 13.5. The largest absolute Gasteiger partial charge is 0.497 e. The van der Waals surface area contributed by atoms with Gasteiger partial charge in [-0.25, -0.2) is 4.68 Å². The molecule has 0 spiro atoms. The van der Waals surface area contributed by atoms with Crippen LogP contribution in [0.3, 0.4) is 0 Å². The van der Waals surface area contributed by atoms with Gasteiger partial charge in [0.1, 0.15) is 17.5 Å². The Bertz CT molecular complexity index is 1430. The van der Waals surface area contributed by atoms with Crippen LogP contribution < -0.4 is 19.9 Å². The molecule has 1 aliphatic rings. The summed E-state index contributed by atoms with van der Waals surface area (Å²) in [6.07, 6.45) is 0. The molecule has 4 aromatic rings. The Morgan fingerprint density at radius 1 is 0.919 bits per heavy atom. The van der Waals surface area contributed by atoms with Gasteiger partial charge in [0.15, 0.2) is 5.82 Å². The van der Waals surface area contributed by atoms with Crippen molar-refractivity contribution in [1.82, 2.24) is 30.1 Å². The van der Waals surface area contributed by atoms with Gasteiger partial charge in [0.25, 0.3) is 5.56 Å². The van der Waals surface area contributed by atoms with E-state index in [2.05, 4.69) is 63.2 Å². The molecule has 1 atom stereocenters. The number of tetrazole rings is 1. The Labute approximate surface area is 215 Å². The zero-order chi connectivity index (χ0) is 26.2. The molecule has 1 saturated heterocycles. The minimum Gasteiger partial charge on any atom is -0.497 e. The lowest BCUT2D eigenvalue weighted by Crippen LogP contribution is -2.49. The average Bonchev–Trinajstić information content (AvgIpc) is 3.40. The second-order valence-electron chi connectivity index (χ2n) is 10.3. The maximum Gasteiger partial charge on any atom is 0.253 e. The lowest BCUT2D eigenvalue weighted by Gasteiger charge is -2.40. The summed E-state index contributed by atoms with van der Waals surface area (Å²) in [5.41, 5.74) is 1.99. The fourth-order valence-electron chi connectivity index (χ4n) is 4.90. The Kier molecular flexibility index (Phi) is 6.59. The van der Waals surface area contributed by atoms with Gasteiger partial charge in [-0.3, -0.25) is 9.69 Å². The molecule has 2 aromatic heterocycles. The van der Waals surface area contributed by atoms with Crippen LogP contribution in [0.4, 0.5) is 5.69 Å². The normalized spacial score (nSPS) is 15.6. The highest BCUT2D eigenvalue weighted by Gasteiger charge is 2.35. The number of H-pyrrole nitrogens is 1. The van der Waals surface area contributed by atoms with E-state index in [9.17, 15) is 4.79 Å². The van der Waals surface area contributed by atoms with Crippen LogP contribution in [-0.4, -0.2) is 70.5 Å². The van der Waals surface area contributed by atoms with Gasteiger partial charge < -0.3 is 19.4 Å². The fraction of sp³-hybridized carbons (Fsp3) is 0.407. The van der Waals surface area contributed by atoms with Gasteiger partial charge in [-0.05, 0) is 79.0 Å². The van der Waals surface area contributed by atoms with Gasteiger partial charge >= 0.3 is 0 Å². The Balaban J connectivity index is 1.52. The number of aromatic nitrogens is 5. The van der Waals surface area contributed by atoms with Gasteiger partial charge in [-0.1, -0.05) is 0 Å². The molecule has 0 bridgehead atoms. The molecule has 0 aliphatic carbocycles.